The highest BCUT2D eigenvalue weighted by atomic mass is 28.4. The summed E-state index contributed by atoms with van der Waals surface area (Å²) in [6, 6.07) is 1.10. The molecule has 1 fully saturated rings. The van der Waals surface area contributed by atoms with Crippen molar-refractivity contribution >= 4 is 8.56 Å². The van der Waals surface area contributed by atoms with Crippen molar-refractivity contribution in [3.8, 4) is 0 Å². The number of ether oxygens (including phenoxy) is 1. The average molecular weight is 274 g/mol. The summed E-state index contributed by atoms with van der Waals surface area (Å²) in [5, 5.41) is 0. The summed E-state index contributed by atoms with van der Waals surface area (Å²) < 4.78 is 17.5. The molecule has 0 aliphatic carbocycles. The molecule has 1 aliphatic rings. The maximum Gasteiger partial charge on any atom is 0.334 e. The first-order chi connectivity index (χ1) is 8.60. The molecule has 0 aromatic heterocycles. The van der Waals surface area contributed by atoms with Crippen molar-refractivity contribution in [3.05, 3.63) is 0 Å². The zero-order valence-electron chi connectivity index (χ0n) is 12.6. The molecule has 0 saturated carbocycles. The highest BCUT2D eigenvalue weighted by Gasteiger charge is 2.41. The van der Waals surface area contributed by atoms with E-state index in [2.05, 4.69) is 27.3 Å². The van der Waals surface area contributed by atoms with Crippen molar-refractivity contribution in [1.82, 2.24) is 0 Å². The van der Waals surface area contributed by atoms with Gasteiger partial charge in [-0.2, -0.15) is 0 Å². The molecule has 0 bridgehead atoms. The molecule has 0 amide bonds. The van der Waals surface area contributed by atoms with Crippen LogP contribution in [0.5, 0.6) is 0 Å². The van der Waals surface area contributed by atoms with Crippen molar-refractivity contribution in [2.45, 2.75) is 59.0 Å². The van der Waals surface area contributed by atoms with Gasteiger partial charge >= 0.3 is 8.56 Å². The van der Waals surface area contributed by atoms with Crippen LogP contribution in [0.15, 0.2) is 0 Å². The summed E-state index contributed by atoms with van der Waals surface area (Å²) >= 11 is 0. The molecular formula is C14H30O3Si. The van der Waals surface area contributed by atoms with E-state index in [9.17, 15) is 0 Å². The lowest BCUT2D eigenvalue weighted by molar-refractivity contribution is -0.117. The third-order valence-electron chi connectivity index (χ3n) is 3.90. The van der Waals surface area contributed by atoms with Gasteiger partial charge in [-0.3, -0.25) is 0 Å². The summed E-state index contributed by atoms with van der Waals surface area (Å²) in [6.45, 7) is 12.3. The van der Waals surface area contributed by atoms with E-state index in [4.69, 9.17) is 13.6 Å². The molecule has 0 unspecified atom stereocenters. The Morgan fingerprint density at radius 3 is 1.94 bits per heavy atom. The molecule has 0 N–H and O–H groups in total. The molecule has 0 spiro atoms. The quantitative estimate of drug-likeness (QED) is 0.568. The van der Waals surface area contributed by atoms with E-state index < -0.39 is 8.56 Å². The average Bonchev–Trinajstić information content (AvgIpc) is 2.33. The first-order valence-corrected chi connectivity index (χ1v) is 9.98. The predicted octanol–water partition coefficient (Wildman–Crippen LogP) is 3.73. The molecule has 0 aromatic carbocycles. The third-order valence-corrected chi connectivity index (χ3v) is 6.69. The van der Waals surface area contributed by atoms with E-state index in [0.717, 1.165) is 45.3 Å². The Morgan fingerprint density at radius 1 is 1.06 bits per heavy atom. The topological polar surface area (TPSA) is 27.7 Å². The van der Waals surface area contributed by atoms with Crippen molar-refractivity contribution in [1.29, 1.82) is 0 Å². The van der Waals surface area contributed by atoms with Gasteiger partial charge in [0.25, 0.3) is 0 Å². The second-order valence-corrected chi connectivity index (χ2v) is 9.02. The van der Waals surface area contributed by atoms with Crippen LogP contribution in [-0.2, 0) is 13.6 Å². The number of rotatable bonds is 10. The molecule has 18 heavy (non-hydrogen) atoms. The number of hydrogen-bond acceptors (Lipinski definition) is 3. The van der Waals surface area contributed by atoms with Crippen molar-refractivity contribution in [3.63, 3.8) is 0 Å². The Labute approximate surface area is 113 Å². The van der Waals surface area contributed by atoms with E-state index in [1.54, 1.807) is 0 Å². The molecule has 4 heteroatoms. The summed E-state index contributed by atoms with van der Waals surface area (Å²) in [5.74, 6) is 0. The summed E-state index contributed by atoms with van der Waals surface area (Å²) in [6.07, 6.45) is 4.54. The molecule has 1 saturated heterocycles. The predicted molar refractivity (Wildman–Crippen MR) is 77.1 cm³/mol. The second kappa shape index (κ2) is 7.63. The highest BCUT2D eigenvalue weighted by Crippen LogP contribution is 2.38. The van der Waals surface area contributed by atoms with Crippen LogP contribution in [0.1, 0.15) is 46.5 Å². The zero-order chi connectivity index (χ0) is 13.5. The van der Waals surface area contributed by atoms with Crippen LogP contribution in [0.4, 0.5) is 0 Å². The second-order valence-electron chi connectivity index (χ2n) is 5.68. The minimum Gasteiger partial charge on any atom is -0.394 e. The maximum atomic E-state index is 6.07. The molecule has 3 nitrogen and oxygen atoms in total. The number of hydrogen-bond donors (Lipinski definition) is 0. The van der Waals surface area contributed by atoms with E-state index in [1.807, 2.05) is 0 Å². The fraction of sp³-hybridized carbons (Fsp3) is 1.00. The fourth-order valence-corrected chi connectivity index (χ4v) is 4.86. The van der Waals surface area contributed by atoms with Crippen LogP contribution < -0.4 is 0 Å². The first-order valence-electron chi connectivity index (χ1n) is 7.45. The summed E-state index contributed by atoms with van der Waals surface area (Å²) in [7, 11) is -1.96. The van der Waals surface area contributed by atoms with Crippen LogP contribution in [-0.4, -0.2) is 35.0 Å². The standard InChI is InChI=1S/C14H30O3Si/c1-5-9-16-18(4,17-10-6-2)11-8-14(7-3)12-15-13-14/h5-13H2,1-4H3. The molecule has 1 rings (SSSR count). The smallest absolute Gasteiger partial charge is 0.334 e. The van der Waals surface area contributed by atoms with Crippen LogP contribution in [0.3, 0.4) is 0 Å². The summed E-state index contributed by atoms with van der Waals surface area (Å²) in [5.41, 5.74) is 0.416. The first kappa shape index (κ1) is 16.2. The molecule has 1 aliphatic heterocycles. The lowest BCUT2D eigenvalue weighted by Gasteiger charge is -2.42. The Balaban J connectivity index is 2.43. The van der Waals surface area contributed by atoms with Gasteiger partial charge in [0.05, 0.1) is 13.2 Å². The highest BCUT2D eigenvalue weighted by molar-refractivity contribution is 6.66. The van der Waals surface area contributed by atoms with Gasteiger partial charge in [0, 0.05) is 18.6 Å². The van der Waals surface area contributed by atoms with Gasteiger partial charge in [0.2, 0.25) is 0 Å². The Morgan fingerprint density at radius 2 is 1.61 bits per heavy atom. The molecule has 0 atom stereocenters. The van der Waals surface area contributed by atoms with Crippen molar-refractivity contribution in [2.75, 3.05) is 26.4 Å². The van der Waals surface area contributed by atoms with E-state index >= 15 is 0 Å². The zero-order valence-corrected chi connectivity index (χ0v) is 13.6. The lowest BCUT2D eigenvalue weighted by Crippen LogP contribution is -2.46. The van der Waals surface area contributed by atoms with Crippen molar-refractivity contribution in [2.24, 2.45) is 5.41 Å². The van der Waals surface area contributed by atoms with Gasteiger partial charge in [-0.05, 0) is 38.3 Å². The van der Waals surface area contributed by atoms with Gasteiger partial charge in [0.15, 0.2) is 0 Å². The van der Waals surface area contributed by atoms with Crippen LogP contribution in [0.25, 0.3) is 0 Å². The van der Waals surface area contributed by atoms with Crippen LogP contribution in [0, 0.1) is 5.41 Å². The Bertz CT molecular complexity index is 216. The van der Waals surface area contributed by atoms with Crippen LogP contribution >= 0.6 is 0 Å². The SMILES string of the molecule is CCCO[Si](C)(CCC1(CC)COC1)OCCC. The molecule has 108 valence electrons. The maximum absolute atomic E-state index is 6.07. The molecular weight excluding hydrogens is 244 g/mol. The van der Waals surface area contributed by atoms with E-state index in [1.165, 1.54) is 12.8 Å². The van der Waals surface area contributed by atoms with Gasteiger partial charge < -0.3 is 13.6 Å². The van der Waals surface area contributed by atoms with Gasteiger partial charge in [-0.15, -0.1) is 0 Å². The van der Waals surface area contributed by atoms with Gasteiger partial charge in [-0.25, -0.2) is 0 Å². The van der Waals surface area contributed by atoms with Gasteiger partial charge in [-0.1, -0.05) is 20.8 Å². The minimum atomic E-state index is -1.96. The Kier molecular flexibility index (Phi) is 6.85. The molecule has 0 aromatic rings. The third kappa shape index (κ3) is 4.65. The minimum absolute atomic E-state index is 0.416. The fourth-order valence-electron chi connectivity index (χ4n) is 2.23. The van der Waals surface area contributed by atoms with E-state index in [-0.39, 0.29) is 0 Å². The summed E-state index contributed by atoms with van der Waals surface area (Å²) in [4.78, 5) is 0. The van der Waals surface area contributed by atoms with Crippen molar-refractivity contribution < 1.29 is 13.6 Å². The molecule has 1 heterocycles. The monoisotopic (exact) mass is 274 g/mol. The molecule has 0 radical (unpaired) electrons. The Hall–Kier alpha value is 0.0969. The van der Waals surface area contributed by atoms with E-state index in [0.29, 0.717) is 5.41 Å². The van der Waals surface area contributed by atoms with Gasteiger partial charge in [0.1, 0.15) is 0 Å². The normalized spacial score (nSPS) is 18.7. The lowest BCUT2D eigenvalue weighted by atomic mass is 9.81. The van der Waals surface area contributed by atoms with Crippen LogP contribution in [0.2, 0.25) is 12.6 Å². The largest absolute Gasteiger partial charge is 0.394 e.